The zero-order valence-corrected chi connectivity index (χ0v) is 28.2. The summed E-state index contributed by atoms with van der Waals surface area (Å²) >= 11 is 0. The number of nitrogens with zero attached hydrogens (tertiary/aromatic N) is 2. The number of imidazole rings is 1. The zero-order chi connectivity index (χ0) is 33.6. The van der Waals surface area contributed by atoms with Crippen LogP contribution in [0.4, 0.5) is 0 Å². The molecule has 1 heterocycles. The second-order valence-electron chi connectivity index (χ2n) is 13.3. The fourth-order valence-corrected chi connectivity index (χ4v) is 7.62. The summed E-state index contributed by atoms with van der Waals surface area (Å²) in [5, 5.41) is 7.54. The van der Waals surface area contributed by atoms with Gasteiger partial charge < -0.3 is 0 Å². The smallest absolute Gasteiger partial charge is 0.117 e. The SMILES string of the molecule is CC(C)c1nc(-c2ccccc2)c(-c2ccccc2)n1-c1ccc(-c2c3ccccc3c(-c3ccc4ccccc4c3)c3ccccc23)cc1. The van der Waals surface area contributed by atoms with Crippen molar-refractivity contribution in [3.8, 4) is 50.5 Å². The first-order valence-corrected chi connectivity index (χ1v) is 17.4. The van der Waals surface area contributed by atoms with Crippen molar-refractivity contribution in [1.29, 1.82) is 0 Å². The highest BCUT2D eigenvalue weighted by atomic mass is 15.1. The van der Waals surface area contributed by atoms with Crippen LogP contribution in [0.5, 0.6) is 0 Å². The molecule has 0 aliphatic rings. The summed E-state index contributed by atoms with van der Waals surface area (Å²) in [5.74, 6) is 1.27. The van der Waals surface area contributed by atoms with E-state index in [1.54, 1.807) is 0 Å². The third kappa shape index (κ3) is 5.00. The quantitative estimate of drug-likeness (QED) is 0.165. The number of fused-ring (bicyclic) bond motifs is 3. The Balaban J connectivity index is 1.25. The maximum absolute atomic E-state index is 5.32. The molecule has 238 valence electrons. The number of benzene rings is 8. The van der Waals surface area contributed by atoms with Crippen LogP contribution in [-0.2, 0) is 0 Å². The number of hydrogen-bond acceptors (Lipinski definition) is 1. The Kier molecular flexibility index (Phi) is 7.36. The zero-order valence-electron chi connectivity index (χ0n) is 28.2. The van der Waals surface area contributed by atoms with Gasteiger partial charge >= 0.3 is 0 Å². The van der Waals surface area contributed by atoms with E-state index in [2.05, 4.69) is 194 Å². The average Bonchev–Trinajstić information content (AvgIpc) is 3.59. The number of hydrogen-bond donors (Lipinski definition) is 0. The standard InChI is InChI=1S/C48H36N2/c1-32(2)48-49-46(35-16-5-3-6-17-35)47(36-18-7-4-8-19-36)50(48)39-29-27-34(28-30-39)44-40-21-11-13-23-42(40)45(43-24-14-12-22-41(43)44)38-26-25-33-15-9-10-20-37(33)31-38/h3-32H,1-2H3. The van der Waals surface area contributed by atoms with Crippen LogP contribution in [0.25, 0.3) is 82.8 Å². The molecular weight excluding hydrogens is 605 g/mol. The Morgan fingerprint density at radius 2 is 0.900 bits per heavy atom. The molecule has 0 aliphatic heterocycles. The maximum Gasteiger partial charge on any atom is 0.117 e. The minimum Gasteiger partial charge on any atom is -0.295 e. The van der Waals surface area contributed by atoms with Crippen LogP contribution in [0.2, 0.25) is 0 Å². The van der Waals surface area contributed by atoms with Gasteiger partial charge in [0.25, 0.3) is 0 Å². The molecule has 0 N–H and O–H groups in total. The van der Waals surface area contributed by atoms with Crippen LogP contribution in [0.3, 0.4) is 0 Å². The second-order valence-corrected chi connectivity index (χ2v) is 13.3. The summed E-state index contributed by atoms with van der Waals surface area (Å²) in [5.41, 5.74) is 10.5. The van der Waals surface area contributed by atoms with E-state index in [1.165, 1.54) is 54.6 Å². The second kappa shape index (κ2) is 12.3. The molecule has 0 saturated carbocycles. The third-order valence-corrected chi connectivity index (χ3v) is 9.90. The molecular formula is C48H36N2. The minimum atomic E-state index is 0.227. The molecule has 0 saturated heterocycles. The lowest BCUT2D eigenvalue weighted by molar-refractivity contribution is 0.754. The van der Waals surface area contributed by atoms with E-state index in [9.17, 15) is 0 Å². The Hall–Kier alpha value is -6.25. The molecule has 8 aromatic carbocycles. The molecule has 0 fully saturated rings. The number of rotatable bonds is 6. The Labute approximate surface area is 292 Å². The predicted octanol–water partition coefficient (Wildman–Crippen LogP) is 13.1. The maximum atomic E-state index is 5.32. The summed E-state index contributed by atoms with van der Waals surface area (Å²) in [4.78, 5) is 5.32. The molecule has 0 unspecified atom stereocenters. The van der Waals surface area contributed by atoms with Gasteiger partial charge in [-0.25, -0.2) is 4.98 Å². The molecule has 0 bridgehead atoms. The average molecular weight is 641 g/mol. The van der Waals surface area contributed by atoms with Crippen LogP contribution in [0.15, 0.2) is 176 Å². The summed E-state index contributed by atoms with van der Waals surface area (Å²) in [6.45, 7) is 4.46. The van der Waals surface area contributed by atoms with Crippen LogP contribution in [0, 0.1) is 0 Å². The van der Waals surface area contributed by atoms with E-state index in [0.717, 1.165) is 34.0 Å². The van der Waals surface area contributed by atoms with Gasteiger partial charge in [-0.1, -0.05) is 172 Å². The lowest BCUT2D eigenvalue weighted by Crippen LogP contribution is -2.05. The lowest BCUT2D eigenvalue weighted by Gasteiger charge is -2.19. The topological polar surface area (TPSA) is 17.8 Å². The molecule has 0 amide bonds. The van der Waals surface area contributed by atoms with E-state index < -0.39 is 0 Å². The van der Waals surface area contributed by atoms with Gasteiger partial charge in [0.1, 0.15) is 5.82 Å². The van der Waals surface area contributed by atoms with Crippen molar-refractivity contribution in [2.45, 2.75) is 19.8 Å². The van der Waals surface area contributed by atoms with Gasteiger partial charge in [-0.05, 0) is 72.8 Å². The molecule has 0 radical (unpaired) electrons. The van der Waals surface area contributed by atoms with Crippen LogP contribution < -0.4 is 0 Å². The van der Waals surface area contributed by atoms with Crippen molar-refractivity contribution in [3.05, 3.63) is 182 Å². The molecule has 0 spiro atoms. The molecule has 2 nitrogen and oxygen atoms in total. The van der Waals surface area contributed by atoms with Crippen molar-refractivity contribution in [1.82, 2.24) is 9.55 Å². The lowest BCUT2D eigenvalue weighted by atomic mass is 9.85. The highest BCUT2D eigenvalue weighted by molar-refractivity contribution is 6.21. The van der Waals surface area contributed by atoms with Gasteiger partial charge in [0.05, 0.1) is 11.4 Å². The molecule has 1 aromatic heterocycles. The largest absolute Gasteiger partial charge is 0.295 e. The van der Waals surface area contributed by atoms with Gasteiger partial charge in [0.15, 0.2) is 0 Å². The predicted molar refractivity (Wildman–Crippen MR) is 212 cm³/mol. The fourth-order valence-electron chi connectivity index (χ4n) is 7.62. The van der Waals surface area contributed by atoms with E-state index >= 15 is 0 Å². The molecule has 0 aliphatic carbocycles. The van der Waals surface area contributed by atoms with Gasteiger partial charge in [0, 0.05) is 22.7 Å². The number of aromatic nitrogens is 2. The van der Waals surface area contributed by atoms with Crippen molar-refractivity contribution in [2.75, 3.05) is 0 Å². The Morgan fingerprint density at radius 1 is 0.420 bits per heavy atom. The molecule has 9 rings (SSSR count). The first kappa shape index (κ1) is 29.9. The Bertz CT molecular complexity index is 2590. The summed E-state index contributed by atoms with van der Waals surface area (Å²) in [6, 6.07) is 63.6. The van der Waals surface area contributed by atoms with Crippen molar-refractivity contribution >= 4 is 32.3 Å². The van der Waals surface area contributed by atoms with Gasteiger partial charge in [0.2, 0.25) is 0 Å². The highest BCUT2D eigenvalue weighted by Crippen LogP contribution is 2.45. The minimum absolute atomic E-state index is 0.227. The highest BCUT2D eigenvalue weighted by Gasteiger charge is 2.23. The van der Waals surface area contributed by atoms with Crippen LogP contribution in [0.1, 0.15) is 25.6 Å². The molecule has 9 aromatic rings. The first-order chi connectivity index (χ1) is 24.7. The first-order valence-electron chi connectivity index (χ1n) is 17.4. The fraction of sp³-hybridized carbons (Fsp3) is 0.0625. The van der Waals surface area contributed by atoms with Crippen molar-refractivity contribution in [2.24, 2.45) is 0 Å². The monoisotopic (exact) mass is 640 g/mol. The Morgan fingerprint density at radius 3 is 1.48 bits per heavy atom. The molecule has 0 atom stereocenters. The van der Waals surface area contributed by atoms with E-state index in [-0.39, 0.29) is 5.92 Å². The summed E-state index contributed by atoms with van der Waals surface area (Å²) in [6.07, 6.45) is 0. The van der Waals surface area contributed by atoms with Crippen molar-refractivity contribution < 1.29 is 0 Å². The van der Waals surface area contributed by atoms with Crippen LogP contribution >= 0.6 is 0 Å². The normalized spacial score (nSPS) is 11.6. The van der Waals surface area contributed by atoms with E-state index in [4.69, 9.17) is 4.98 Å². The molecule has 2 heteroatoms. The van der Waals surface area contributed by atoms with Crippen LogP contribution in [-0.4, -0.2) is 9.55 Å². The summed E-state index contributed by atoms with van der Waals surface area (Å²) < 4.78 is 2.37. The summed E-state index contributed by atoms with van der Waals surface area (Å²) in [7, 11) is 0. The van der Waals surface area contributed by atoms with Gasteiger partial charge in [-0.15, -0.1) is 0 Å². The van der Waals surface area contributed by atoms with Gasteiger partial charge in [-0.2, -0.15) is 0 Å². The van der Waals surface area contributed by atoms with Crippen molar-refractivity contribution in [3.63, 3.8) is 0 Å². The van der Waals surface area contributed by atoms with E-state index in [1.807, 2.05) is 0 Å². The van der Waals surface area contributed by atoms with Gasteiger partial charge in [-0.3, -0.25) is 4.57 Å². The molecule has 50 heavy (non-hydrogen) atoms. The third-order valence-electron chi connectivity index (χ3n) is 9.90. The van der Waals surface area contributed by atoms with E-state index in [0.29, 0.717) is 0 Å².